The predicted molar refractivity (Wildman–Crippen MR) is 91.6 cm³/mol. The van der Waals surface area contributed by atoms with Crippen molar-refractivity contribution in [1.29, 1.82) is 0 Å². The average molecular weight is 334 g/mol. The van der Waals surface area contributed by atoms with Crippen molar-refractivity contribution in [3.05, 3.63) is 66.2 Å². The maximum atomic E-state index is 12.3. The van der Waals surface area contributed by atoms with Crippen molar-refractivity contribution < 1.29 is 9.32 Å². The van der Waals surface area contributed by atoms with E-state index < -0.39 is 0 Å². The van der Waals surface area contributed by atoms with Crippen LogP contribution in [-0.4, -0.2) is 39.0 Å². The first-order valence-corrected chi connectivity index (χ1v) is 8.36. The Labute approximate surface area is 145 Å². The molecule has 1 fully saturated rings. The quantitative estimate of drug-likeness (QED) is 0.717. The molecule has 25 heavy (non-hydrogen) atoms. The van der Waals surface area contributed by atoms with Gasteiger partial charge in [0.05, 0.1) is 5.92 Å². The monoisotopic (exact) mass is 334 g/mol. The van der Waals surface area contributed by atoms with Crippen LogP contribution in [-0.2, 0) is 11.2 Å². The molecule has 1 aliphatic rings. The highest BCUT2D eigenvalue weighted by Gasteiger charge is 2.34. The average Bonchev–Trinajstić information content (AvgIpc) is 3.29. The summed E-state index contributed by atoms with van der Waals surface area (Å²) in [5, 5.41) is 4.00. The molecule has 1 amide bonds. The molecular weight excluding hydrogens is 316 g/mol. The Hall–Kier alpha value is -3.02. The number of carbonyl (C=O) groups is 1. The van der Waals surface area contributed by atoms with Gasteiger partial charge in [0, 0.05) is 25.7 Å². The number of aromatic nitrogens is 3. The molecule has 4 rings (SSSR count). The Kier molecular flexibility index (Phi) is 4.24. The van der Waals surface area contributed by atoms with Crippen LogP contribution in [0.2, 0.25) is 0 Å². The zero-order chi connectivity index (χ0) is 17.1. The van der Waals surface area contributed by atoms with Crippen LogP contribution in [0.25, 0.3) is 11.5 Å². The lowest BCUT2D eigenvalue weighted by atomic mass is 10.1. The minimum absolute atomic E-state index is 0.0479. The molecule has 1 aliphatic heterocycles. The molecule has 6 heteroatoms. The molecule has 6 nitrogen and oxygen atoms in total. The highest BCUT2D eigenvalue weighted by atomic mass is 16.5. The molecule has 2 aromatic heterocycles. The standard InChI is InChI=1S/C19H18N4O2/c24-17-12-15(13-23(17)11-9-14-6-2-1-3-7-14)19-21-18(22-25-19)16-8-4-5-10-20-16/h1-8,10,15H,9,11-13H2. The highest BCUT2D eigenvalue weighted by Crippen LogP contribution is 2.28. The number of likely N-dealkylation sites (tertiary alicyclic amines) is 1. The number of hydrogen-bond donors (Lipinski definition) is 0. The molecular formula is C19H18N4O2. The van der Waals surface area contributed by atoms with Crippen molar-refractivity contribution in [3.8, 4) is 11.5 Å². The van der Waals surface area contributed by atoms with E-state index in [1.54, 1.807) is 6.20 Å². The summed E-state index contributed by atoms with van der Waals surface area (Å²) in [5.41, 5.74) is 1.90. The Morgan fingerprint density at radius 3 is 2.76 bits per heavy atom. The second kappa shape index (κ2) is 6.84. The van der Waals surface area contributed by atoms with Gasteiger partial charge >= 0.3 is 0 Å². The second-order valence-electron chi connectivity index (χ2n) is 6.15. The first-order valence-electron chi connectivity index (χ1n) is 8.36. The molecule has 0 bridgehead atoms. The summed E-state index contributed by atoms with van der Waals surface area (Å²) in [6, 6.07) is 15.7. The fraction of sp³-hybridized carbons (Fsp3) is 0.263. The van der Waals surface area contributed by atoms with E-state index in [0.29, 0.717) is 36.9 Å². The molecule has 3 aromatic rings. The Morgan fingerprint density at radius 2 is 1.96 bits per heavy atom. The van der Waals surface area contributed by atoms with Crippen molar-refractivity contribution >= 4 is 5.91 Å². The zero-order valence-corrected chi connectivity index (χ0v) is 13.7. The van der Waals surface area contributed by atoms with Gasteiger partial charge in [0.1, 0.15) is 5.69 Å². The summed E-state index contributed by atoms with van der Waals surface area (Å²) in [7, 11) is 0. The van der Waals surface area contributed by atoms with E-state index in [4.69, 9.17) is 4.52 Å². The normalized spacial score (nSPS) is 17.2. The second-order valence-corrected chi connectivity index (χ2v) is 6.15. The summed E-state index contributed by atoms with van der Waals surface area (Å²) in [5.74, 6) is 1.06. The van der Waals surface area contributed by atoms with Gasteiger partial charge in [-0.25, -0.2) is 0 Å². The van der Waals surface area contributed by atoms with E-state index in [0.717, 1.165) is 6.42 Å². The predicted octanol–water partition coefficient (Wildman–Crippen LogP) is 2.69. The van der Waals surface area contributed by atoms with Crippen LogP contribution in [0.4, 0.5) is 0 Å². The molecule has 126 valence electrons. The number of benzene rings is 1. The Morgan fingerprint density at radius 1 is 1.12 bits per heavy atom. The lowest BCUT2D eigenvalue weighted by molar-refractivity contribution is -0.127. The van der Waals surface area contributed by atoms with Crippen LogP contribution in [0.1, 0.15) is 23.8 Å². The summed E-state index contributed by atoms with van der Waals surface area (Å²) in [4.78, 5) is 22.8. The lowest BCUT2D eigenvalue weighted by Crippen LogP contribution is -2.27. The molecule has 0 saturated carbocycles. The maximum Gasteiger partial charge on any atom is 0.232 e. The number of amides is 1. The fourth-order valence-electron chi connectivity index (χ4n) is 3.06. The van der Waals surface area contributed by atoms with E-state index in [1.165, 1.54) is 5.56 Å². The number of pyridine rings is 1. The number of hydrogen-bond acceptors (Lipinski definition) is 5. The number of rotatable bonds is 5. The Bertz CT molecular complexity index is 848. The van der Waals surface area contributed by atoms with Gasteiger partial charge in [-0.15, -0.1) is 0 Å². The van der Waals surface area contributed by atoms with Crippen molar-refractivity contribution in [3.63, 3.8) is 0 Å². The molecule has 0 N–H and O–H groups in total. The minimum atomic E-state index is -0.0479. The van der Waals surface area contributed by atoms with E-state index in [2.05, 4.69) is 27.3 Å². The lowest BCUT2D eigenvalue weighted by Gasteiger charge is -2.15. The van der Waals surface area contributed by atoms with E-state index in [1.807, 2.05) is 41.3 Å². The highest BCUT2D eigenvalue weighted by molar-refractivity contribution is 5.79. The molecule has 0 radical (unpaired) electrons. The maximum absolute atomic E-state index is 12.3. The third kappa shape index (κ3) is 3.42. The first kappa shape index (κ1) is 15.5. The summed E-state index contributed by atoms with van der Waals surface area (Å²) < 4.78 is 5.38. The smallest absolute Gasteiger partial charge is 0.232 e. The SMILES string of the molecule is O=C1CC(c2nc(-c3ccccn3)no2)CN1CCc1ccccc1. The van der Waals surface area contributed by atoms with Gasteiger partial charge < -0.3 is 9.42 Å². The van der Waals surface area contributed by atoms with E-state index in [9.17, 15) is 4.79 Å². The zero-order valence-electron chi connectivity index (χ0n) is 13.7. The van der Waals surface area contributed by atoms with Gasteiger partial charge in [0.2, 0.25) is 17.6 Å². The third-order valence-electron chi connectivity index (χ3n) is 4.41. The molecule has 3 heterocycles. The number of carbonyl (C=O) groups excluding carboxylic acids is 1. The van der Waals surface area contributed by atoms with Gasteiger partial charge in [-0.1, -0.05) is 41.6 Å². The van der Waals surface area contributed by atoms with E-state index in [-0.39, 0.29) is 11.8 Å². The molecule has 1 saturated heterocycles. The Balaban J connectivity index is 1.41. The van der Waals surface area contributed by atoms with Crippen LogP contribution in [0.5, 0.6) is 0 Å². The largest absolute Gasteiger partial charge is 0.342 e. The topological polar surface area (TPSA) is 72.1 Å². The van der Waals surface area contributed by atoms with Gasteiger partial charge in [0.15, 0.2) is 0 Å². The summed E-state index contributed by atoms with van der Waals surface area (Å²) >= 11 is 0. The van der Waals surface area contributed by atoms with Crippen LogP contribution in [0.15, 0.2) is 59.3 Å². The van der Waals surface area contributed by atoms with Gasteiger partial charge in [-0.2, -0.15) is 4.98 Å². The van der Waals surface area contributed by atoms with Crippen LogP contribution in [0.3, 0.4) is 0 Å². The van der Waals surface area contributed by atoms with Crippen LogP contribution < -0.4 is 0 Å². The molecule has 0 aliphatic carbocycles. The molecule has 1 atom stereocenters. The van der Waals surface area contributed by atoms with E-state index >= 15 is 0 Å². The fourth-order valence-corrected chi connectivity index (χ4v) is 3.06. The van der Waals surface area contributed by atoms with Crippen LogP contribution >= 0.6 is 0 Å². The van der Waals surface area contributed by atoms with Gasteiger partial charge in [-0.05, 0) is 24.1 Å². The van der Waals surface area contributed by atoms with Crippen LogP contribution in [0, 0.1) is 0 Å². The minimum Gasteiger partial charge on any atom is -0.342 e. The molecule has 1 aromatic carbocycles. The van der Waals surface area contributed by atoms with Gasteiger partial charge in [-0.3, -0.25) is 9.78 Å². The first-order chi connectivity index (χ1) is 12.3. The van der Waals surface area contributed by atoms with Crippen molar-refractivity contribution in [2.24, 2.45) is 0 Å². The number of nitrogens with zero attached hydrogens (tertiary/aromatic N) is 4. The third-order valence-corrected chi connectivity index (χ3v) is 4.41. The molecule has 1 unspecified atom stereocenters. The summed E-state index contributed by atoms with van der Waals surface area (Å²) in [6.45, 7) is 1.33. The molecule has 0 spiro atoms. The van der Waals surface area contributed by atoms with Gasteiger partial charge in [0.25, 0.3) is 0 Å². The van der Waals surface area contributed by atoms with Crippen molar-refractivity contribution in [2.45, 2.75) is 18.8 Å². The van der Waals surface area contributed by atoms with Crippen molar-refractivity contribution in [1.82, 2.24) is 20.0 Å². The van der Waals surface area contributed by atoms with Crippen molar-refractivity contribution in [2.75, 3.05) is 13.1 Å². The summed E-state index contributed by atoms with van der Waals surface area (Å²) in [6.07, 6.45) is 2.96.